The number of rotatable bonds is 5. The minimum Gasteiger partial charge on any atom is -0.281 e. The topological polar surface area (TPSA) is 66.1 Å². The van der Waals surface area contributed by atoms with E-state index in [1.54, 1.807) is 13.0 Å². The molecule has 1 aromatic heterocycles. The third kappa shape index (κ3) is 2.33. The highest BCUT2D eigenvalue weighted by Gasteiger charge is 2.28. The van der Waals surface area contributed by atoms with Crippen molar-refractivity contribution in [3.63, 3.8) is 0 Å². The van der Waals surface area contributed by atoms with Gasteiger partial charge in [0, 0.05) is 12.6 Å². The number of sulfonamides is 1. The molecule has 1 rings (SSSR count). The van der Waals surface area contributed by atoms with Crippen molar-refractivity contribution in [1.82, 2.24) is 14.5 Å². The molecular formula is C10H17N3O2S. The lowest BCUT2D eigenvalue weighted by molar-refractivity contribution is 0.382. The number of hydrogen-bond acceptors (Lipinski definition) is 3. The average Bonchev–Trinajstić information content (AvgIpc) is 2.60. The lowest BCUT2D eigenvalue weighted by Crippen LogP contribution is -2.37. The third-order valence-corrected chi connectivity index (χ3v) is 4.41. The zero-order valence-corrected chi connectivity index (χ0v) is 10.6. The van der Waals surface area contributed by atoms with Crippen molar-refractivity contribution >= 4 is 10.0 Å². The molecule has 1 aromatic rings. The maximum atomic E-state index is 12.3. The number of aromatic amines is 1. The molecule has 1 N–H and O–H groups in total. The van der Waals surface area contributed by atoms with Gasteiger partial charge in [0.1, 0.15) is 4.90 Å². The van der Waals surface area contributed by atoms with Gasteiger partial charge in [0.15, 0.2) is 0 Å². The van der Waals surface area contributed by atoms with E-state index in [1.165, 1.54) is 10.5 Å². The molecule has 0 spiro atoms. The van der Waals surface area contributed by atoms with Crippen molar-refractivity contribution in [3.8, 4) is 0 Å². The Hall–Kier alpha value is -1.14. The number of nitrogens with zero attached hydrogens (tertiary/aromatic N) is 2. The molecule has 0 aromatic carbocycles. The first-order valence-electron chi connectivity index (χ1n) is 5.04. The van der Waals surface area contributed by atoms with Crippen molar-refractivity contribution in [2.75, 3.05) is 6.54 Å². The molecule has 0 fully saturated rings. The van der Waals surface area contributed by atoms with Gasteiger partial charge < -0.3 is 0 Å². The van der Waals surface area contributed by atoms with E-state index >= 15 is 0 Å². The first kappa shape index (κ1) is 12.9. The Balaban J connectivity index is 3.18. The Morgan fingerprint density at radius 1 is 1.62 bits per heavy atom. The van der Waals surface area contributed by atoms with Crippen LogP contribution in [0.1, 0.15) is 19.5 Å². The van der Waals surface area contributed by atoms with E-state index in [0.717, 1.165) is 0 Å². The lowest BCUT2D eigenvalue weighted by atomic mass is 10.4. The summed E-state index contributed by atoms with van der Waals surface area (Å²) in [5.74, 6) is 0. The maximum absolute atomic E-state index is 12.3. The van der Waals surface area contributed by atoms with E-state index in [0.29, 0.717) is 12.2 Å². The van der Waals surface area contributed by atoms with Gasteiger partial charge in [-0.3, -0.25) is 5.10 Å². The van der Waals surface area contributed by atoms with Crippen molar-refractivity contribution < 1.29 is 8.42 Å². The fourth-order valence-corrected chi connectivity index (χ4v) is 3.17. The Kier molecular flexibility index (Phi) is 3.88. The van der Waals surface area contributed by atoms with Gasteiger partial charge in [-0.1, -0.05) is 6.08 Å². The molecule has 0 atom stereocenters. The molecule has 0 saturated carbocycles. The van der Waals surface area contributed by atoms with Crippen molar-refractivity contribution in [2.45, 2.75) is 31.7 Å². The number of H-pyrrole nitrogens is 1. The van der Waals surface area contributed by atoms with E-state index in [2.05, 4.69) is 16.8 Å². The van der Waals surface area contributed by atoms with Gasteiger partial charge in [-0.25, -0.2) is 8.42 Å². The molecule has 0 amide bonds. The first-order chi connectivity index (χ1) is 7.41. The maximum Gasteiger partial charge on any atom is 0.246 e. The van der Waals surface area contributed by atoms with Crippen LogP contribution in [0.5, 0.6) is 0 Å². The standard InChI is InChI=1S/C10H17N3O2S/c1-5-6-13(8(2)3)16(14,15)10-7-11-12-9(10)4/h5,7-8H,1,6H2,2-4H3,(H,11,12). The summed E-state index contributed by atoms with van der Waals surface area (Å²) in [4.78, 5) is 0.225. The summed E-state index contributed by atoms with van der Waals surface area (Å²) in [7, 11) is -3.48. The summed E-state index contributed by atoms with van der Waals surface area (Å²) in [5, 5.41) is 6.36. The second kappa shape index (κ2) is 4.80. The number of hydrogen-bond donors (Lipinski definition) is 1. The molecule has 0 unspecified atom stereocenters. The second-order valence-electron chi connectivity index (χ2n) is 3.82. The molecule has 0 radical (unpaired) electrons. The Bertz CT molecular complexity index is 462. The second-order valence-corrected chi connectivity index (χ2v) is 5.68. The van der Waals surface area contributed by atoms with Crippen LogP contribution in [0.3, 0.4) is 0 Å². The van der Waals surface area contributed by atoms with Crippen LogP contribution in [0.2, 0.25) is 0 Å². The third-order valence-electron chi connectivity index (χ3n) is 2.26. The number of aryl methyl sites for hydroxylation is 1. The summed E-state index contributed by atoms with van der Waals surface area (Å²) in [5.41, 5.74) is 0.551. The number of nitrogens with one attached hydrogen (secondary N) is 1. The minimum atomic E-state index is -3.48. The van der Waals surface area contributed by atoms with Gasteiger partial charge in [0.05, 0.1) is 11.9 Å². The molecule has 16 heavy (non-hydrogen) atoms. The van der Waals surface area contributed by atoms with Crippen LogP contribution in [0.4, 0.5) is 0 Å². The molecule has 0 aliphatic carbocycles. The zero-order valence-electron chi connectivity index (χ0n) is 9.77. The molecular weight excluding hydrogens is 226 g/mol. The van der Waals surface area contributed by atoms with Crippen LogP contribution in [-0.2, 0) is 10.0 Å². The van der Waals surface area contributed by atoms with Crippen LogP contribution < -0.4 is 0 Å². The highest BCUT2D eigenvalue weighted by atomic mass is 32.2. The molecule has 1 heterocycles. The molecule has 0 aliphatic rings. The quantitative estimate of drug-likeness (QED) is 0.793. The molecule has 0 bridgehead atoms. The van der Waals surface area contributed by atoms with Crippen LogP contribution in [0.25, 0.3) is 0 Å². The van der Waals surface area contributed by atoms with Crippen LogP contribution in [-0.4, -0.2) is 35.5 Å². The van der Waals surface area contributed by atoms with E-state index in [1.807, 2.05) is 13.8 Å². The molecule has 0 saturated heterocycles. The summed E-state index contributed by atoms with van der Waals surface area (Å²) < 4.78 is 25.9. The minimum absolute atomic E-state index is 0.114. The Labute approximate surface area is 96.2 Å². The average molecular weight is 243 g/mol. The van der Waals surface area contributed by atoms with Crippen LogP contribution in [0, 0.1) is 6.92 Å². The van der Waals surface area contributed by atoms with Crippen molar-refractivity contribution in [2.24, 2.45) is 0 Å². The van der Waals surface area contributed by atoms with Crippen LogP contribution in [0.15, 0.2) is 23.7 Å². The predicted octanol–water partition coefficient (Wildman–Crippen LogP) is 1.30. The highest BCUT2D eigenvalue weighted by molar-refractivity contribution is 7.89. The van der Waals surface area contributed by atoms with Gasteiger partial charge in [-0.15, -0.1) is 6.58 Å². The van der Waals surface area contributed by atoms with E-state index < -0.39 is 10.0 Å². The summed E-state index contributed by atoms with van der Waals surface area (Å²) in [6.45, 7) is 9.21. The monoisotopic (exact) mass is 243 g/mol. The highest BCUT2D eigenvalue weighted by Crippen LogP contribution is 2.19. The molecule has 0 aliphatic heterocycles. The van der Waals surface area contributed by atoms with Crippen molar-refractivity contribution in [3.05, 3.63) is 24.5 Å². The van der Waals surface area contributed by atoms with Gasteiger partial charge >= 0.3 is 0 Å². The molecule has 90 valence electrons. The van der Waals surface area contributed by atoms with E-state index in [4.69, 9.17) is 0 Å². The zero-order chi connectivity index (χ0) is 12.3. The summed E-state index contributed by atoms with van der Waals surface area (Å²) >= 11 is 0. The van der Waals surface area contributed by atoms with Crippen LogP contribution >= 0.6 is 0 Å². The van der Waals surface area contributed by atoms with E-state index in [9.17, 15) is 8.42 Å². The summed E-state index contributed by atoms with van der Waals surface area (Å²) in [6, 6.07) is -0.114. The van der Waals surface area contributed by atoms with Gasteiger partial charge in [-0.2, -0.15) is 9.40 Å². The lowest BCUT2D eigenvalue weighted by Gasteiger charge is -2.24. The van der Waals surface area contributed by atoms with E-state index in [-0.39, 0.29) is 10.9 Å². The van der Waals surface area contributed by atoms with Gasteiger partial charge in [0.2, 0.25) is 10.0 Å². The molecule has 6 heteroatoms. The first-order valence-corrected chi connectivity index (χ1v) is 6.48. The van der Waals surface area contributed by atoms with Crippen molar-refractivity contribution in [1.29, 1.82) is 0 Å². The SMILES string of the molecule is C=CCN(C(C)C)S(=O)(=O)c1cn[nH]c1C. The predicted molar refractivity (Wildman–Crippen MR) is 62.5 cm³/mol. The normalized spacial score (nSPS) is 12.3. The smallest absolute Gasteiger partial charge is 0.246 e. The fourth-order valence-electron chi connectivity index (χ4n) is 1.44. The molecule has 5 nitrogen and oxygen atoms in total. The largest absolute Gasteiger partial charge is 0.281 e. The number of aromatic nitrogens is 2. The Morgan fingerprint density at radius 2 is 2.25 bits per heavy atom. The van der Waals surface area contributed by atoms with Gasteiger partial charge in [-0.05, 0) is 20.8 Å². The Morgan fingerprint density at radius 3 is 2.62 bits per heavy atom. The fraction of sp³-hybridized carbons (Fsp3) is 0.500. The van der Waals surface area contributed by atoms with Gasteiger partial charge in [0.25, 0.3) is 0 Å². The summed E-state index contributed by atoms with van der Waals surface area (Å²) in [6.07, 6.45) is 2.91.